The molecule has 2 aromatic rings. The zero-order valence-electron chi connectivity index (χ0n) is 16.5. The summed E-state index contributed by atoms with van der Waals surface area (Å²) in [6.07, 6.45) is 2.77. The number of pyridine rings is 1. The van der Waals surface area contributed by atoms with E-state index in [1.807, 2.05) is 25.1 Å². The SMILES string of the molecule is Cc1cccc(C(C)C)c1NC(=O)c1ccc(NCCCN(C)C)cn1. The highest BCUT2D eigenvalue weighted by atomic mass is 16.1. The largest absolute Gasteiger partial charge is 0.384 e. The van der Waals surface area contributed by atoms with Gasteiger partial charge in [0.15, 0.2) is 0 Å². The van der Waals surface area contributed by atoms with E-state index in [9.17, 15) is 4.79 Å². The zero-order valence-corrected chi connectivity index (χ0v) is 16.5. The van der Waals surface area contributed by atoms with Gasteiger partial charge in [0.2, 0.25) is 0 Å². The van der Waals surface area contributed by atoms with Crippen LogP contribution in [0.15, 0.2) is 36.5 Å². The van der Waals surface area contributed by atoms with E-state index in [1.54, 1.807) is 12.3 Å². The lowest BCUT2D eigenvalue weighted by Crippen LogP contribution is -2.17. The van der Waals surface area contributed by atoms with Gasteiger partial charge in [0, 0.05) is 12.2 Å². The van der Waals surface area contributed by atoms with Crippen molar-refractivity contribution < 1.29 is 4.79 Å². The van der Waals surface area contributed by atoms with Crippen molar-refractivity contribution >= 4 is 17.3 Å². The molecule has 1 amide bonds. The number of rotatable bonds is 8. The van der Waals surface area contributed by atoms with Crippen molar-refractivity contribution in [3.63, 3.8) is 0 Å². The Hall–Kier alpha value is -2.40. The van der Waals surface area contributed by atoms with Gasteiger partial charge in [-0.3, -0.25) is 4.79 Å². The van der Waals surface area contributed by atoms with Gasteiger partial charge >= 0.3 is 0 Å². The molecule has 0 atom stereocenters. The molecule has 0 saturated heterocycles. The number of carbonyl (C=O) groups excluding carboxylic acids is 1. The van der Waals surface area contributed by atoms with E-state index in [4.69, 9.17) is 0 Å². The molecule has 0 bridgehead atoms. The average molecular weight is 354 g/mol. The first-order valence-electron chi connectivity index (χ1n) is 9.14. The number of nitrogens with zero attached hydrogens (tertiary/aromatic N) is 2. The van der Waals surface area contributed by atoms with E-state index in [0.717, 1.165) is 42.0 Å². The average Bonchev–Trinajstić information content (AvgIpc) is 2.60. The first kappa shape index (κ1) is 19.9. The van der Waals surface area contributed by atoms with Crippen LogP contribution in [-0.2, 0) is 0 Å². The van der Waals surface area contributed by atoms with E-state index in [2.05, 4.69) is 54.5 Å². The molecule has 1 heterocycles. The molecular weight excluding hydrogens is 324 g/mol. The summed E-state index contributed by atoms with van der Waals surface area (Å²) in [4.78, 5) is 19.1. The molecule has 1 aromatic heterocycles. The van der Waals surface area contributed by atoms with E-state index in [1.165, 1.54) is 0 Å². The van der Waals surface area contributed by atoms with Gasteiger partial charge in [-0.25, -0.2) is 4.98 Å². The van der Waals surface area contributed by atoms with Crippen LogP contribution < -0.4 is 10.6 Å². The third-order valence-electron chi connectivity index (χ3n) is 4.27. The minimum atomic E-state index is -0.180. The quantitative estimate of drug-likeness (QED) is 0.700. The normalized spacial score (nSPS) is 11.0. The molecule has 1 aromatic carbocycles. The molecular formula is C21H30N4O. The van der Waals surface area contributed by atoms with Crippen molar-refractivity contribution in [3.8, 4) is 0 Å². The van der Waals surface area contributed by atoms with Crippen molar-refractivity contribution in [3.05, 3.63) is 53.3 Å². The van der Waals surface area contributed by atoms with Crippen LogP contribution >= 0.6 is 0 Å². The third-order valence-corrected chi connectivity index (χ3v) is 4.27. The van der Waals surface area contributed by atoms with Gasteiger partial charge in [0.05, 0.1) is 11.9 Å². The molecule has 2 N–H and O–H groups in total. The highest BCUT2D eigenvalue weighted by molar-refractivity contribution is 6.03. The van der Waals surface area contributed by atoms with Crippen molar-refractivity contribution in [1.29, 1.82) is 0 Å². The summed E-state index contributed by atoms with van der Waals surface area (Å²) in [5.41, 5.74) is 4.43. The molecule has 0 aliphatic carbocycles. The number of para-hydroxylation sites is 1. The Morgan fingerprint density at radius 3 is 2.58 bits per heavy atom. The summed E-state index contributed by atoms with van der Waals surface area (Å²) < 4.78 is 0. The Balaban J connectivity index is 2.00. The van der Waals surface area contributed by atoms with Crippen LogP contribution in [0.25, 0.3) is 0 Å². The smallest absolute Gasteiger partial charge is 0.274 e. The van der Waals surface area contributed by atoms with Crippen molar-refractivity contribution in [2.24, 2.45) is 0 Å². The second kappa shape index (κ2) is 9.34. The highest BCUT2D eigenvalue weighted by Gasteiger charge is 2.14. The van der Waals surface area contributed by atoms with Crippen LogP contribution in [0.5, 0.6) is 0 Å². The third kappa shape index (κ3) is 5.56. The molecule has 140 valence electrons. The predicted molar refractivity (Wildman–Crippen MR) is 109 cm³/mol. The topological polar surface area (TPSA) is 57.3 Å². The molecule has 5 heteroatoms. The van der Waals surface area contributed by atoms with Crippen LogP contribution in [0, 0.1) is 6.92 Å². The predicted octanol–water partition coefficient (Wildman–Crippen LogP) is 4.13. The summed E-state index contributed by atoms with van der Waals surface area (Å²) >= 11 is 0. The lowest BCUT2D eigenvalue weighted by atomic mass is 9.98. The van der Waals surface area contributed by atoms with Gasteiger partial charge in [-0.2, -0.15) is 0 Å². The number of hydrogen-bond acceptors (Lipinski definition) is 4. The van der Waals surface area contributed by atoms with E-state index < -0.39 is 0 Å². The number of aromatic nitrogens is 1. The lowest BCUT2D eigenvalue weighted by molar-refractivity contribution is 0.102. The molecule has 0 aliphatic heterocycles. The second-order valence-corrected chi connectivity index (χ2v) is 7.16. The summed E-state index contributed by atoms with van der Waals surface area (Å²) in [5, 5.41) is 6.36. The highest BCUT2D eigenvalue weighted by Crippen LogP contribution is 2.27. The van der Waals surface area contributed by atoms with Gasteiger partial charge in [0.1, 0.15) is 5.69 Å². The Kier molecular flexibility index (Phi) is 7.16. The minimum Gasteiger partial charge on any atom is -0.384 e. The fraction of sp³-hybridized carbons (Fsp3) is 0.429. The fourth-order valence-electron chi connectivity index (χ4n) is 2.78. The maximum atomic E-state index is 12.6. The molecule has 0 fully saturated rings. The molecule has 5 nitrogen and oxygen atoms in total. The number of benzene rings is 1. The standard InChI is InChI=1S/C21H30N4O/c1-15(2)18-9-6-8-16(3)20(18)24-21(26)19-11-10-17(14-23-19)22-12-7-13-25(4)5/h6,8-11,14-15,22H,7,12-13H2,1-5H3,(H,24,26). The van der Waals surface area contributed by atoms with Gasteiger partial charge < -0.3 is 15.5 Å². The number of anilines is 2. The summed E-state index contributed by atoms with van der Waals surface area (Å²) in [6.45, 7) is 8.18. The molecule has 0 saturated carbocycles. The number of amides is 1. The van der Waals surface area contributed by atoms with Crippen LogP contribution in [-0.4, -0.2) is 43.0 Å². The molecule has 0 aliphatic rings. The Morgan fingerprint density at radius 2 is 1.96 bits per heavy atom. The van der Waals surface area contributed by atoms with Crippen LogP contribution in [0.2, 0.25) is 0 Å². The zero-order chi connectivity index (χ0) is 19.1. The lowest BCUT2D eigenvalue weighted by Gasteiger charge is -2.16. The Morgan fingerprint density at radius 1 is 1.19 bits per heavy atom. The molecule has 0 radical (unpaired) electrons. The molecule has 0 unspecified atom stereocenters. The monoisotopic (exact) mass is 354 g/mol. The van der Waals surface area contributed by atoms with Crippen molar-refractivity contribution in [1.82, 2.24) is 9.88 Å². The minimum absolute atomic E-state index is 0.180. The maximum Gasteiger partial charge on any atom is 0.274 e. The molecule has 0 spiro atoms. The fourth-order valence-corrected chi connectivity index (χ4v) is 2.78. The second-order valence-electron chi connectivity index (χ2n) is 7.16. The van der Waals surface area contributed by atoms with Crippen LogP contribution in [0.4, 0.5) is 11.4 Å². The van der Waals surface area contributed by atoms with E-state index in [-0.39, 0.29) is 5.91 Å². The first-order valence-corrected chi connectivity index (χ1v) is 9.14. The van der Waals surface area contributed by atoms with Crippen LogP contribution in [0.3, 0.4) is 0 Å². The summed E-state index contributed by atoms with van der Waals surface area (Å²) in [6, 6.07) is 9.75. The number of hydrogen-bond donors (Lipinski definition) is 2. The van der Waals surface area contributed by atoms with Crippen molar-refractivity contribution in [2.75, 3.05) is 37.8 Å². The summed E-state index contributed by atoms with van der Waals surface area (Å²) in [5.74, 6) is 0.159. The van der Waals surface area contributed by atoms with Gasteiger partial charge in [-0.05, 0) is 63.2 Å². The number of nitrogens with one attached hydrogen (secondary N) is 2. The molecule has 2 rings (SSSR count). The van der Waals surface area contributed by atoms with Gasteiger partial charge in [0.25, 0.3) is 5.91 Å². The Labute approximate surface area is 156 Å². The van der Waals surface area contributed by atoms with Gasteiger partial charge in [-0.15, -0.1) is 0 Å². The van der Waals surface area contributed by atoms with E-state index >= 15 is 0 Å². The van der Waals surface area contributed by atoms with Crippen LogP contribution in [0.1, 0.15) is 47.8 Å². The number of aryl methyl sites for hydroxylation is 1. The van der Waals surface area contributed by atoms with E-state index in [0.29, 0.717) is 11.6 Å². The summed E-state index contributed by atoms with van der Waals surface area (Å²) in [7, 11) is 4.13. The first-order chi connectivity index (χ1) is 12.4. The number of carbonyl (C=O) groups is 1. The Bertz CT molecular complexity index is 723. The van der Waals surface area contributed by atoms with Gasteiger partial charge in [-0.1, -0.05) is 32.0 Å². The maximum absolute atomic E-state index is 12.6. The van der Waals surface area contributed by atoms with Crippen molar-refractivity contribution in [2.45, 2.75) is 33.1 Å². The molecule has 26 heavy (non-hydrogen) atoms.